The highest BCUT2D eigenvalue weighted by molar-refractivity contribution is 5.78. The van der Waals surface area contributed by atoms with Crippen molar-refractivity contribution < 1.29 is 9.90 Å². The molecule has 3 nitrogen and oxygen atoms in total. The van der Waals surface area contributed by atoms with Crippen molar-refractivity contribution in [1.82, 2.24) is 5.32 Å². The Morgan fingerprint density at radius 2 is 2.00 bits per heavy atom. The molecule has 2 unspecified atom stereocenters. The van der Waals surface area contributed by atoms with Crippen molar-refractivity contribution >= 4 is 5.91 Å². The Kier molecular flexibility index (Phi) is 7.39. The van der Waals surface area contributed by atoms with Crippen LogP contribution < -0.4 is 5.32 Å². The van der Waals surface area contributed by atoms with E-state index in [0.29, 0.717) is 13.0 Å². The number of carbonyl (C=O) groups excluding carboxylic acids is 1. The van der Waals surface area contributed by atoms with Crippen molar-refractivity contribution in [3.05, 3.63) is 0 Å². The Balaban J connectivity index is 4.01. The second-order valence-electron chi connectivity index (χ2n) is 4.82. The molecule has 16 heavy (non-hydrogen) atoms. The van der Waals surface area contributed by atoms with E-state index in [9.17, 15) is 9.90 Å². The highest BCUT2D eigenvalue weighted by Crippen LogP contribution is 2.13. The van der Waals surface area contributed by atoms with E-state index in [1.807, 2.05) is 13.8 Å². The largest absolute Gasteiger partial charge is 0.388 e. The van der Waals surface area contributed by atoms with Gasteiger partial charge in [-0.15, -0.1) is 0 Å². The fraction of sp³-hybridized carbons (Fsp3) is 0.923. The highest BCUT2D eigenvalue weighted by Gasteiger charge is 2.21. The Labute approximate surface area is 99.6 Å². The van der Waals surface area contributed by atoms with Crippen LogP contribution in [0.2, 0.25) is 0 Å². The number of aliphatic hydroxyl groups is 1. The first-order chi connectivity index (χ1) is 7.46. The molecule has 0 saturated heterocycles. The van der Waals surface area contributed by atoms with Crippen LogP contribution in [0.25, 0.3) is 0 Å². The van der Waals surface area contributed by atoms with Gasteiger partial charge in [-0.05, 0) is 26.2 Å². The highest BCUT2D eigenvalue weighted by atomic mass is 16.3. The van der Waals surface area contributed by atoms with Gasteiger partial charge in [0.05, 0.1) is 5.60 Å². The van der Waals surface area contributed by atoms with E-state index in [0.717, 1.165) is 25.7 Å². The van der Waals surface area contributed by atoms with Crippen molar-refractivity contribution in [2.45, 2.75) is 65.4 Å². The molecule has 2 N–H and O–H groups in total. The summed E-state index contributed by atoms with van der Waals surface area (Å²) in [5.74, 6) is 0.192. The molecule has 1 amide bonds. The molecule has 0 aromatic heterocycles. The van der Waals surface area contributed by atoms with Crippen LogP contribution in [0.1, 0.15) is 59.8 Å². The lowest BCUT2D eigenvalue weighted by Gasteiger charge is -2.23. The molecule has 3 heteroatoms. The molecule has 0 aromatic rings. The fourth-order valence-corrected chi connectivity index (χ4v) is 1.52. The predicted molar refractivity (Wildman–Crippen MR) is 67.2 cm³/mol. The number of unbranched alkanes of at least 4 members (excludes halogenated alkanes) is 1. The van der Waals surface area contributed by atoms with Gasteiger partial charge in [-0.1, -0.05) is 33.6 Å². The van der Waals surface area contributed by atoms with Crippen LogP contribution in [0.3, 0.4) is 0 Å². The number of nitrogens with one attached hydrogen (secondary N) is 1. The molecular weight excluding hydrogens is 202 g/mol. The maximum Gasteiger partial charge on any atom is 0.223 e. The van der Waals surface area contributed by atoms with Crippen LogP contribution in [0.5, 0.6) is 0 Å². The van der Waals surface area contributed by atoms with Crippen LogP contribution in [0.15, 0.2) is 0 Å². The first-order valence-corrected chi connectivity index (χ1v) is 6.46. The monoisotopic (exact) mass is 229 g/mol. The first kappa shape index (κ1) is 15.4. The molecule has 0 aliphatic rings. The van der Waals surface area contributed by atoms with E-state index in [4.69, 9.17) is 0 Å². The zero-order valence-corrected chi connectivity index (χ0v) is 11.2. The van der Waals surface area contributed by atoms with E-state index in [1.165, 1.54) is 0 Å². The van der Waals surface area contributed by atoms with Crippen molar-refractivity contribution in [3.63, 3.8) is 0 Å². The number of hydrogen-bond donors (Lipinski definition) is 2. The summed E-state index contributed by atoms with van der Waals surface area (Å²) >= 11 is 0. The summed E-state index contributed by atoms with van der Waals surface area (Å²) in [5, 5.41) is 12.6. The average Bonchev–Trinajstić information content (AvgIpc) is 2.27. The van der Waals surface area contributed by atoms with Crippen molar-refractivity contribution in [2.75, 3.05) is 6.54 Å². The van der Waals surface area contributed by atoms with Gasteiger partial charge in [-0.25, -0.2) is 0 Å². The molecule has 0 radical (unpaired) electrons. The maximum absolute atomic E-state index is 11.8. The standard InChI is InChI=1S/C13H27NO2/c1-5-8-9-11(6-2)12(15)14-10-13(4,16)7-3/h11,16H,5-10H2,1-4H3,(H,14,15). The van der Waals surface area contributed by atoms with Crippen LogP contribution in [-0.4, -0.2) is 23.2 Å². The third-order valence-corrected chi connectivity index (χ3v) is 3.17. The van der Waals surface area contributed by atoms with Gasteiger partial charge in [0.1, 0.15) is 0 Å². The summed E-state index contributed by atoms with van der Waals surface area (Å²) < 4.78 is 0. The molecule has 0 saturated carbocycles. The molecular formula is C13H27NO2. The van der Waals surface area contributed by atoms with E-state index in [2.05, 4.69) is 12.2 Å². The SMILES string of the molecule is CCCCC(CC)C(=O)NCC(C)(O)CC. The van der Waals surface area contributed by atoms with E-state index >= 15 is 0 Å². The minimum absolute atomic E-state index is 0.0877. The molecule has 0 rings (SSSR count). The van der Waals surface area contributed by atoms with Gasteiger partial charge in [0.2, 0.25) is 5.91 Å². The molecule has 2 atom stereocenters. The third kappa shape index (κ3) is 6.11. The topological polar surface area (TPSA) is 49.3 Å². The summed E-state index contributed by atoms with van der Waals surface area (Å²) in [4.78, 5) is 11.8. The summed E-state index contributed by atoms with van der Waals surface area (Å²) in [6.07, 6.45) is 4.69. The van der Waals surface area contributed by atoms with Crippen molar-refractivity contribution in [2.24, 2.45) is 5.92 Å². The molecule has 0 spiro atoms. The molecule has 0 aromatic carbocycles. The summed E-state index contributed by atoms with van der Waals surface area (Å²) in [7, 11) is 0. The first-order valence-electron chi connectivity index (χ1n) is 6.46. The lowest BCUT2D eigenvalue weighted by Crippen LogP contribution is -2.42. The average molecular weight is 229 g/mol. The van der Waals surface area contributed by atoms with Crippen molar-refractivity contribution in [3.8, 4) is 0 Å². The quantitative estimate of drug-likeness (QED) is 0.672. The molecule has 0 heterocycles. The van der Waals surface area contributed by atoms with E-state index < -0.39 is 5.60 Å². The number of carbonyl (C=O) groups is 1. The lowest BCUT2D eigenvalue weighted by atomic mass is 9.97. The molecule has 0 fully saturated rings. The molecule has 96 valence electrons. The second kappa shape index (κ2) is 7.66. The Morgan fingerprint density at radius 1 is 1.38 bits per heavy atom. The number of amides is 1. The predicted octanol–water partition coefficient (Wildman–Crippen LogP) is 2.48. The van der Waals surface area contributed by atoms with Gasteiger partial charge < -0.3 is 10.4 Å². The smallest absolute Gasteiger partial charge is 0.223 e. The Hall–Kier alpha value is -0.570. The van der Waals surface area contributed by atoms with Crippen LogP contribution in [-0.2, 0) is 4.79 Å². The van der Waals surface area contributed by atoms with Crippen LogP contribution in [0.4, 0.5) is 0 Å². The lowest BCUT2D eigenvalue weighted by molar-refractivity contribution is -0.126. The van der Waals surface area contributed by atoms with Gasteiger partial charge in [0.15, 0.2) is 0 Å². The van der Waals surface area contributed by atoms with E-state index in [-0.39, 0.29) is 11.8 Å². The van der Waals surface area contributed by atoms with Gasteiger partial charge in [0.25, 0.3) is 0 Å². The third-order valence-electron chi connectivity index (χ3n) is 3.17. The van der Waals surface area contributed by atoms with Gasteiger partial charge in [-0.2, -0.15) is 0 Å². The normalized spacial score (nSPS) is 16.6. The zero-order valence-electron chi connectivity index (χ0n) is 11.2. The van der Waals surface area contributed by atoms with Crippen molar-refractivity contribution in [1.29, 1.82) is 0 Å². The number of hydrogen-bond acceptors (Lipinski definition) is 2. The minimum Gasteiger partial charge on any atom is -0.388 e. The molecule has 0 aliphatic carbocycles. The zero-order chi connectivity index (χ0) is 12.6. The summed E-state index contributed by atoms with van der Waals surface area (Å²) in [6.45, 7) is 8.19. The van der Waals surface area contributed by atoms with Gasteiger partial charge in [0, 0.05) is 12.5 Å². The van der Waals surface area contributed by atoms with Crippen LogP contribution in [0, 0.1) is 5.92 Å². The number of rotatable bonds is 8. The maximum atomic E-state index is 11.8. The summed E-state index contributed by atoms with van der Waals surface area (Å²) in [6, 6.07) is 0. The Bertz CT molecular complexity index is 202. The minimum atomic E-state index is -0.779. The fourth-order valence-electron chi connectivity index (χ4n) is 1.52. The second-order valence-corrected chi connectivity index (χ2v) is 4.82. The van der Waals surface area contributed by atoms with Gasteiger partial charge >= 0.3 is 0 Å². The Morgan fingerprint density at radius 3 is 2.44 bits per heavy atom. The molecule has 0 bridgehead atoms. The molecule has 0 aliphatic heterocycles. The van der Waals surface area contributed by atoms with E-state index in [1.54, 1.807) is 6.92 Å². The van der Waals surface area contributed by atoms with Gasteiger partial charge in [-0.3, -0.25) is 4.79 Å². The van der Waals surface area contributed by atoms with Crippen LogP contribution >= 0.6 is 0 Å². The summed E-state index contributed by atoms with van der Waals surface area (Å²) in [5.41, 5.74) is -0.779.